The van der Waals surface area contributed by atoms with Crippen molar-refractivity contribution in [1.29, 1.82) is 0 Å². The third-order valence-electron chi connectivity index (χ3n) is 4.35. The average molecular weight is 384 g/mol. The first-order chi connectivity index (χ1) is 13.6. The Morgan fingerprint density at radius 2 is 1.46 bits per heavy atom. The van der Waals surface area contributed by atoms with Crippen molar-refractivity contribution in [2.24, 2.45) is 0 Å². The van der Waals surface area contributed by atoms with Gasteiger partial charge in [0.2, 0.25) is 0 Å². The van der Waals surface area contributed by atoms with Crippen LogP contribution in [0.15, 0.2) is 42.5 Å². The summed E-state index contributed by atoms with van der Waals surface area (Å²) in [5, 5.41) is 0. The molecule has 5 heteroatoms. The fourth-order valence-corrected chi connectivity index (χ4v) is 2.88. The number of aryl methyl sites for hydroxylation is 2. The molecule has 0 bridgehead atoms. The lowest BCUT2D eigenvalue weighted by atomic mass is 10.0. The van der Waals surface area contributed by atoms with Gasteiger partial charge in [0, 0.05) is 0 Å². The Balaban J connectivity index is 2.15. The maximum atomic E-state index is 12.3. The normalized spacial score (nSPS) is 10.4. The molecule has 0 unspecified atom stereocenters. The second-order valence-electron chi connectivity index (χ2n) is 6.63. The van der Waals surface area contributed by atoms with Gasteiger partial charge in [0.25, 0.3) is 0 Å². The van der Waals surface area contributed by atoms with Crippen molar-refractivity contribution in [2.45, 2.75) is 52.4 Å². The van der Waals surface area contributed by atoms with Gasteiger partial charge in [-0.25, -0.2) is 9.59 Å². The summed E-state index contributed by atoms with van der Waals surface area (Å²) >= 11 is 0. The molecular weight excluding hydrogens is 356 g/mol. The van der Waals surface area contributed by atoms with Gasteiger partial charge < -0.3 is 14.2 Å². The summed E-state index contributed by atoms with van der Waals surface area (Å²) < 4.78 is 15.4. The zero-order valence-corrected chi connectivity index (χ0v) is 16.8. The molecular formula is C23H28O5. The van der Waals surface area contributed by atoms with Crippen LogP contribution in [0.5, 0.6) is 11.5 Å². The highest BCUT2D eigenvalue weighted by Crippen LogP contribution is 2.23. The number of esters is 1. The lowest BCUT2D eigenvalue weighted by Crippen LogP contribution is -2.16. The minimum atomic E-state index is -0.884. The molecule has 0 saturated heterocycles. The first-order valence-electron chi connectivity index (χ1n) is 9.77. The van der Waals surface area contributed by atoms with Gasteiger partial charge in [0.05, 0.1) is 7.11 Å². The van der Waals surface area contributed by atoms with Crippen LogP contribution >= 0.6 is 0 Å². The Labute approximate surface area is 166 Å². The lowest BCUT2D eigenvalue weighted by molar-refractivity contribution is 0.0597. The number of ether oxygens (including phenoxy) is 3. The summed E-state index contributed by atoms with van der Waals surface area (Å²) in [5.41, 5.74) is 2.46. The van der Waals surface area contributed by atoms with E-state index in [1.807, 2.05) is 12.1 Å². The van der Waals surface area contributed by atoms with E-state index in [9.17, 15) is 9.59 Å². The highest BCUT2D eigenvalue weighted by atomic mass is 16.7. The summed E-state index contributed by atoms with van der Waals surface area (Å²) in [5.74, 6) is -0.0141. The van der Waals surface area contributed by atoms with E-state index < -0.39 is 12.1 Å². The Kier molecular flexibility index (Phi) is 8.53. The summed E-state index contributed by atoms with van der Waals surface area (Å²) in [4.78, 5) is 24.1. The fraction of sp³-hybridized carbons (Fsp3) is 0.391. The standard InChI is InChI=1S/C23H28O5/c1-4-6-10-17-14-18(11-7-5-2)16-19(15-17)27-23(25)28-21-13-9-8-12-20(21)22(24)26-3/h8-9,12-16H,4-7,10-11H2,1-3H3. The molecule has 2 aromatic rings. The smallest absolute Gasteiger partial charge is 0.465 e. The zero-order valence-electron chi connectivity index (χ0n) is 16.8. The molecule has 0 spiro atoms. The zero-order chi connectivity index (χ0) is 20.4. The summed E-state index contributed by atoms with van der Waals surface area (Å²) in [6, 6.07) is 12.3. The third-order valence-corrected chi connectivity index (χ3v) is 4.35. The summed E-state index contributed by atoms with van der Waals surface area (Å²) in [6.45, 7) is 4.29. The van der Waals surface area contributed by atoms with Crippen LogP contribution in [0, 0.1) is 0 Å². The predicted molar refractivity (Wildman–Crippen MR) is 108 cm³/mol. The van der Waals surface area contributed by atoms with Crippen molar-refractivity contribution in [1.82, 2.24) is 0 Å². The fourth-order valence-electron chi connectivity index (χ4n) is 2.88. The number of para-hydroxylation sites is 1. The molecule has 150 valence electrons. The highest BCUT2D eigenvalue weighted by molar-refractivity contribution is 5.93. The maximum Gasteiger partial charge on any atom is 0.519 e. The van der Waals surface area contributed by atoms with Gasteiger partial charge >= 0.3 is 12.1 Å². The van der Waals surface area contributed by atoms with Crippen LogP contribution in [-0.2, 0) is 17.6 Å². The second-order valence-corrected chi connectivity index (χ2v) is 6.63. The van der Waals surface area contributed by atoms with Gasteiger partial charge in [-0.1, -0.05) is 44.9 Å². The number of hydrogen-bond acceptors (Lipinski definition) is 5. The number of carbonyl (C=O) groups excluding carboxylic acids is 2. The first-order valence-corrected chi connectivity index (χ1v) is 9.77. The maximum absolute atomic E-state index is 12.3. The predicted octanol–water partition coefficient (Wildman–Crippen LogP) is 5.74. The number of carbonyl (C=O) groups is 2. The topological polar surface area (TPSA) is 61.8 Å². The van der Waals surface area contributed by atoms with Crippen LogP contribution < -0.4 is 9.47 Å². The average Bonchev–Trinajstić information content (AvgIpc) is 2.70. The van der Waals surface area contributed by atoms with Crippen LogP contribution in [0.25, 0.3) is 0 Å². The van der Waals surface area contributed by atoms with E-state index >= 15 is 0 Å². The molecule has 0 atom stereocenters. The number of hydrogen-bond donors (Lipinski definition) is 0. The molecule has 0 saturated carbocycles. The first kappa shape index (κ1) is 21.5. The van der Waals surface area contributed by atoms with Gasteiger partial charge in [-0.2, -0.15) is 0 Å². The van der Waals surface area contributed by atoms with E-state index in [0.29, 0.717) is 5.75 Å². The molecule has 0 fully saturated rings. The number of unbranched alkanes of at least 4 members (excludes halogenated alkanes) is 2. The van der Waals surface area contributed by atoms with Crippen molar-refractivity contribution >= 4 is 12.1 Å². The quantitative estimate of drug-likeness (QED) is 0.408. The largest absolute Gasteiger partial charge is 0.519 e. The van der Waals surface area contributed by atoms with Gasteiger partial charge in [0.15, 0.2) is 0 Å². The van der Waals surface area contributed by atoms with E-state index in [-0.39, 0.29) is 11.3 Å². The van der Waals surface area contributed by atoms with Crippen molar-refractivity contribution in [2.75, 3.05) is 7.11 Å². The highest BCUT2D eigenvalue weighted by Gasteiger charge is 2.17. The van der Waals surface area contributed by atoms with Crippen molar-refractivity contribution in [3.8, 4) is 11.5 Å². The second kappa shape index (κ2) is 11.1. The molecule has 0 amide bonds. The van der Waals surface area contributed by atoms with Crippen LogP contribution in [0.1, 0.15) is 61.0 Å². The minimum Gasteiger partial charge on any atom is -0.465 e. The minimum absolute atomic E-state index is 0.104. The van der Waals surface area contributed by atoms with E-state index in [2.05, 4.69) is 19.9 Å². The molecule has 28 heavy (non-hydrogen) atoms. The molecule has 0 radical (unpaired) electrons. The monoisotopic (exact) mass is 384 g/mol. The van der Waals surface area contributed by atoms with Gasteiger partial charge in [-0.3, -0.25) is 0 Å². The van der Waals surface area contributed by atoms with Crippen molar-refractivity contribution in [3.05, 3.63) is 59.2 Å². The van der Waals surface area contributed by atoms with Crippen molar-refractivity contribution < 1.29 is 23.8 Å². The Hall–Kier alpha value is -2.82. The number of methoxy groups -OCH3 is 1. The third kappa shape index (κ3) is 6.41. The molecule has 2 rings (SSSR count). The summed E-state index contributed by atoms with van der Waals surface area (Å²) in [6.07, 6.45) is 5.34. The molecule has 0 heterocycles. The van der Waals surface area contributed by atoms with E-state index in [1.54, 1.807) is 12.1 Å². The van der Waals surface area contributed by atoms with Crippen LogP contribution in [0.2, 0.25) is 0 Å². The summed E-state index contributed by atoms with van der Waals surface area (Å²) in [7, 11) is 1.27. The Morgan fingerprint density at radius 3 is 2.04 bits per heavy atom. The van der Waals surface area contributed by atoms with Crippen molar-refractivity contribution in [3.63, 3.8) is 0 Å². The molecule has 2 aromatic carbocycles. The number of rotatable bonds is 9. The molecule has 5 nitrogen and oxygen atoms in total. The molecule has 0 N–H and O–H groups in total. The van der Waals surface area contributed by atoms with Gasteiger partial charge in [-0.05, 0) is 61.1 Å². The molecule has 0 aliphatic rings. The van der Waals surface area contributed by atoms with Crippen LogP contribution in [0.4, 0.5) is 4.79 Å². The van der Waals surface area contributed by atoms with E-state index in [4.69, 9.17) is 14.2 Å². The molecule has 0 aliphatic heterocycles. The molecule has 0 aromatic heterocycles. The Morgan fingerprint density at radius 1 is 0.857 bits per heavy atom. The van der Waals surface area contributed by atoms with Crippen LogP contribution in [0.3, 0.4) is 0 Å². The van der Waals surface area contributed by atoms with E-state index in [1.165, 1.54) is 19.2 Å². The number of benzene rings is 2. The lowest BCUT2D eigenvalue weighted by Gasteiger charge is -2.11. The molecule has 0 aliphatic carbocycles. The Bertz CT molecular complexity index is 771. The van der Waals surface area contributed by atoms with Crippen LogP contribution in [-0.4, -0.2) is 19.2 Å². The van der Waals surface area contributed by atoms with Gasteiger partial charge in [0.1, 0.15) is 17.1 Å². The van der Waals surface area contributed by atoms with Gasteiger partial charge in [-0.15, -0.1) is 0 Å². The van der Waals surface area contributed by atoms with E-state index in [0.717, 1.165) is 49.7 Å². The SMILES string of the molecule is CCCCc1cc(CCCC)cc(OC(=O)Oc2ccccc2C(=O)OC)c1.